The molecule has 2 rings (SSSR count). The zero-order chi connectivity index (χ0) is 13.5. The number of hydrogen-bond acceptors (Lipinski definition) is 4. The number of ether oxygens (including phenoxy) is 1. The SMILES string of the molecule is CNC(CCc1ccc(OC)cc1)c1cnccn1. The van der Waals surface area contributed by atoms with Crippen molar-refractivity contribution in [2.75, 3.05) is 14.2 Å². The lowest BCUT2D eigenvalue weighted by Gasteiger charge is -2.15. The monoisotopic (exact) mass is 257 g/mol. The topological polar surface area (TPSA) is 47.0 Å². The van der Waals surface area contributed by atoms with Gasteiger partial charge in [0.1, 0.15) is 5.75 Å². The Bertz CT molecular complexity index is 485. The van der Waals surface area contributed by atoms with Crippen molar-refractivity contribution >= 4 is 0 Å². The smallest absolute Gasteiger partial charge is 0.118 e. The van der Waals surface area contributed by atoms with E-state index >= 15 is 0 Å². The van der Waals surface area contributed by atoms with Crippen LogP contribution in [0.15, 0.2) is 42.9 Å². The molecule has 100 valence electrons. The number of aromatic nitrogens is 2. The third-order valence-corrected chi connectivity index (χ3v) is 3.17. The van der Waals surface area contributed by atoms with Gasteiger partial charge < -0.3 is 10.1 Å². The molecule has 1 unspecified atom stereocenters. The molecule has 19 heavy (non-hydrogen) atoms. The van der Waals surface area contributed by atoms with E-state index in [-0.39, 0.29) is 6.04 Å². The predicted molar refractivity (Wildman–Crippen MR) is 75.1 cm³/mol. The van der Waals surface area contributed by atoms with Crippen LogP contribution in [-0.4, -0.2) is 24.1 Å². The Labute approximate surface area is 113 Å². The predicted octanol–water partition coefficient (Wildman–Crippen LogP) is 2.38. The van der Waals surface area contributed by atoms with Crippen molar-refractivity contribution < 1.29 is 4.74 Å². The van der Waals surface area contributed by atoms with Gasteiger partial charge >= 0.3 is 0 Å². The second-order valence-electron chi connectivity index (χ2n) is 4.36. The lowest BCUT2D eigenvalue weighted by atomic mass is 10.0. The number of nitrogens with zero attached hydrogens (tertiary/aromatic N) is 2. The van der Waals surface area contributed by atoms with E-state index in [1.165, 1.54) is 5.56 Å². The number of benzene rings is 1. The van der Waals surface area contributed by atoms with E-state index in [1.807, 2.05) is 25.4 Å². The van der Waals surface area contributed by atoms with E-state index < -0.39 is 0 Å². The van der Waals surface area contributed by atoms with E-state index in [9.17, 15) is 0 Å². The lowest BCUT2D eigenvalue weighted by molar-refractivity contribution is 0.414. The Morgan fingerprint density at radius 2 is 2.00 bits per heavy atom. The number of hydrogen-bond donors (Lipinski definition) is 1. The van der Waals surface area contributed by atoms with E-state index in [1.54, 1.807) is 19.5 Å². The molecule has 0 spiro atoms. The van der Waals surface area contributed by atoms with Crippen molar-refractivity contribution in [2.24, 2.45) is 0 Å². The Kier molecular flexibility index (Phi) is 4.86. The van der Waals surface area contributed by atoms with Gasteiger partial charge in [-0.2, -0.15) is 0 Å². The highest BCUT2D eigenvalue weighted by Gasteiger charge is 2.10. The highest BCUT2D eigenvalue weighted by molar-refractivity contribution is 5.27. The molecule has 0 fully saturated rings. The summed E-state index contributed by atoms with van der Waals surface area (Å²) < 4.78 is 5.15. The minimum absolute atomic E-state index is 0.232. The third-order valence-electron chi connectivity index (χ3n) is 3.17. The van der Waals surface area contributed by atoms with Gasteiger partial charge in [-0.25, -0.2) is 0 Å². The van der Waals surface area contributed by atoms with Crippen LogP contribution in [0, 0.1) is 0 Å². The summed E-state index contributed by atoms with van der Waals surface area (Å²) in [6.07, 6.45) is 7.22. The standard InChI is InChI=1S/C15H19N3O/c1-16-14(15-11-17-9-10-18-15)8-5-12-3-6-13(19-2)7-4-12/h3-4,6-7,9-11,14,16H,5,8H2,1-2H3. The van der Waals surface area contributed by atoms with Gasteiger partial charge in [-0.15, -0.1) is 0 Å². The van der Waals surface area contributed by atoms with Gasteiger partial charge in [0.05, 0.1) is 18.8 Å². The molecule has 0 radical (unpaired) electrons. The second kappa shape index (κ2) is 6.85. The lowest BCUT2D eigenvalue weighted by Crippen LogP contribution is -2.18. The highest BCUT2D eigenvalue weighted by atomic mass is 16.5. The van der Waals surface area contributed by atoms with Gasteiger partial charge in [0.15, 0.2) is 0 Å². The second-order valence-corrected chi connectivity index (χ2v) is 4.36. The largest absolute Gasteiger partial charge is 0.497 e. The molecule has 0 saturated heterocycles. The fourth-order valence-electron chi connectivity index (χ4n) is 2.03. The molecule has 0 saturated carbocycles. The zero-order valence-electron chi connectivity index (χ0n) is 11.3. The molecule has 1 N–H and O–H groups in total. The van der Waals surface area contributed by atoms with Crippen molar-refractivity contribution in [3.05, 3.63) is 54.1 Å². The summed E-state index contributed by atoms with van der Waals surface area (Å²) in [5.41, 5.74) is 2.28. The van der Waals surface area contributed by atoms with Crippen LogP contribution < -0.4 is 10.1 Å². The van der Waals surface area contributed by atoms with Crippen molar-refractivity contribution in [2.45, 2.75) is 18.9 Å². The van der Waals surface area contributed by atoms with Crippen LogP contribution in [-0.2, 0) is 6.42 Å². The molecule has 1 atom stereocenters. The molecule has 0 aliphatic rings. The summed E-state index contributed by atoms with van der Waals surface area (Å²) in [7, 11) is 3.63. The average molecular weight is 257 g/mol. The van der Waals surface area contributed by atoms with Crippen molar-refractivity contribution in [3.8, 4) is 5.75 Å². The summed E-state index contributed by atoms with van der Waals surface area (Å²) in [6.45, 7) is 0. The maximum absolute atomic E-state index is 5.15. The summed E-state index contributed by atoms with van der Waals surface area (Å²) in [6, 6.07) is 8.42. The first-order valence-electron chi connectivity index (χ1n) is 6.39. The van der Waals surface area contributed by atoms with Gasteiger partial charge in [0.2, 0.25) is 0 Å². The first-order chi connectivity index (χ1) is 9.33. The van der Waals surface area contributed by atoms with E-state index in [2.05, 4.69) is 27.4 Å². The molecule has 0 aliphatic carbocycles. The molecule has 1 aromatic carbocycles. The van der Waals surface area contributed by atoms with Crippen molar-refractivity contribution in [1.29, 1.82) is 0 Å². The van der Waals surface area contributed by atoms with Crippen LogP contribution in [0.4, 0.5) is 0 Å². The summed E-state index contributed by atoms with van der Waals surface area (Å²) in [4.78, 5) is 8.46. The zero-order valence-corrected chi connectivity index (χ0v) is 11.3. The average Bonchev–Trinajstić information content (AvgIpc) is 2.49. The molecule has 4 nitrogen and oxygen atoms in total. The van der Waals surface area contributed by atoms with Crippen molar-refractivity contribution in [3.63, 3.8) is 0 Å². The number of methoxy groups -OCH3 is 1. The Morgan fingerprint density at radius 1 is 1.21 bits per heavy atom. The fraction of sp³-hybridized carbons (Fsp3) is 0.333. The van der Waals surface area contributed by atoms with Gasteiger partial charge in [-0.1, -0.05) is 12.1 Å². The van der Waals surface area contributed by atoms with Gasteiger partial charge in [-0.3, -0.25) is 9.97 Å². The number of rotatable bonds is 6. The first kappa shape index (κ1) is 13.5. The molecule has 1 heterocycles. The van der Waals surface area contributed by atoms with E-state index in [0.717, 1.165) is 24.3 Å². The third kappa shape index (κ3) is 3.76. The first-order valence-corrected chi connectivity index (χ1v) is 6.39. The molecule has 0 aliphatic heterocycles. The molecular weight excluding hydrogens is 238 g/mol. The van der Waals surface area contributed by atoms with Crippen LogP contribution in [0.5, 0.6) is 5.75 Å². The van der Waals surface area contributed by atoms with Crippen LogP contribution >= 0.6 is 0 Å². The Balaban J connectivity index is 1.96. The van der Waals surface area contributed by atoms with Gasteiger partial charge in [0, 0.05) is 18.6 Å². The highest BCUT2D eigenvalue weighted by Crippen LogP contribution is 2.18. The van der Waals surface area contributed by atoms with Gasteiger partial charge in [-0.05, 0) is 37.6 Å². The quantitative estimate of drug-likeness (QED) is 0.863. The normalized spacial score (nSPS) is 12.1. The molecule has 1 aromatic heterocycles. The minimum atomic E-state index is 0.232. The Hall–Kier alpha value is -1.94. The van der Waals surface area contributed by atoms with Crippen LogP contribution in [0.2, 0.25) is 0 Å². The number of aryl methyl sites for hydroxylation is 1. The summed E-state index contributed by atoms with van der Waals surface area (Å²) >= 11 is 0. The maximum atomic E-state index is 5.15. The van der Waals surface area contributed by atoms with Crippen LogP contribution in [0.25, 0.3) is 0 Å². The van der Waals surface area contributed by atoms with Gasteiger partial charge in [0.25, 0.3) is 0 Å². The Morgan fingerprint density at radius 3 is 2.58 bits per heavy atom. The maximum Gasteiger partial charge on any atom is 0.118 e. The molecule has 4 heteroatoms. The summed E-state index contributed by atoms with van der Waals surface area (Å²) in [5.74, 6) is 0.892. The number of nitrogens with one attached hydrogen (secondary N) is 1. The fourth-order valence-corrected chi connectivity index (χ4v) is 2.03. The molecular formula is C15H19N3O. The van der Waals surface area contributed by atoms with E-state index in [0.29, 0.717) is 0 Å². The minimum Gasteiger partial charge on any atom is -0.497 e. The molecule has 0 bridgehead atoms. The van der Waals surface area contributed by atoms with Crippen LogP contribution in [0.3, 0.4) is 0 Å². The molecule has 2 aromatic rings. The summed E-state index contributed by atoms with van der Waals surface area (Å²) in [5, 5.41) is 3.28. The van der Waals surface area contributed by atoms with E-state index in [4.69, 9.17) is 4.74 Å². The van der Waals surface area contributed by atoms with Crippen LogP contribution in [0.1, 0.15) is 23.7 Å². The van der Waals surface area contributed by atoms with Crippen molar-refractivity contribution in [1.82, 2.24) is 15.3 Å². The molecule has 0 amide bonds.